The molecule has 0 amide bonds. The second-order valence-corrected chi connectivity index (χ2v) is 4.25. The fourth-order valence-electron chi connectivity index (χ4n) is 1.83. The van der Waals surface area contributed by atoms with Crippen LogP contribution in [0.1, 0.15) is 36.8 Å². The van der Waals surface area contributed by atoms with Crippen molar-refractivity contribution in [2.75, 3.05) is 13.1 Å². The van der Waals surface area contributed by atoms with E-state index in [1.54, 1.807) is 4.68 Å². The van der Waals surface area contributed by atoms with Crippen LogP contribution in [0.4, 0.5) is 0 Å². The smallest absolute Gasteiger partial charge is 0.358 e. The van der Waals surface area contributed by atoms with E-state index >= 15 is 0 Å². The first kappa shape index (κ1) is 11.1. The van der Waals surface area contributed by atoms with E-state index in [1.807, 2.05) is 0 Å². The summed E-state index contributed by atoms with van der Waals surface area (Å²) in [6.07, 6.45) is 2.63. The normalized spacial score (nSPS) is 19.4. The van der Waals surface area contributed by atoms with Crippen LogP contribution < -0.4 is 0 Å². The monoisotopic (exact) mass is 224 g/mol. The Morgan fingerprint density at radius 2 is 2.38 bits per heavy atom. The van der Waals surface area contributed by atoms with Crippen molar-refractivity contribution in [2.45, 2.75) is 32.4 Å². The number of rotatable bonds is 4. The average Bonchev–Trinajstić information content (AvgIpc) is 2.64. The van der Waals surface area contributed by atoms with Gasteiger partial charge in [0, 0.05) is 19.1 Å². The molecule has 1 atom stereocenters. The molecule has 2 rings (SSSR count). The van der Waals surface area contributed by atoms with Gasteiger partial charge < -0.3 is 5.11 Å². The molecule has 88 valence electrons. The second kappa shape index (κ2) is 4.21. The summed E-state index contributed by atoms with van der Waals surface area (Å²) >= 11 is 0. The number of hydrogen-bond acceptors (Lipinski definition) is 4. The third kappa shape index (κ3) is 1.92. The van der Waals surface area contributed by atoms with Crippen LogP contribution in [0.15, 0.2) is 6.20 Å². The van der Waals surface area contributed by atoms with Crippen LogP contribution >= 0.6 is 0 Å². The molecule has 16 heavy (non-hydrogen) atoms. The molecule has 0 aromatic carbocycles. The summed E-state index contributed by atoms with van der Waals surface area (Å²) in [5.74, 6) is -1.02. The number of likely N-dealkylation sites (tertiary alicyclic amines) is 1. The molecule has 0 spiro atoms. The van der Waals surface area contributed by atoms with Gasteiger partial charge in [-0.25, -0.2) is 9.48 Å². The van der Waals surface area contributed by atoms with Crippen molar-refractivity contribution in [3.05, 3.63) is 11.9 Å². The van der Waals surface area contributed by atoms with Gasteiger partial charge in [0.2, 0.25) is 0 Å². The van der Waals surface area contributed by atoms with Crippen molar-refractivity contribution >= 4 is 5.97 Å². The molecule has 6 heteroatoms. The minimum atomic E-state index is -1.02. The lowest BCUT2D eigenvalue weighted by Crippen LogP contribution is -2.51. The number of carbonyl (C=O) groups is 1. The summed E-state index contributed by atoms with van der Waals surface area (Å²) in [4.78, 5) is 13.0. The lowest BCUT2D eigenvalue weighted by molar-refractivity contribution is 0.0574. The van der Waals surface area contributed by atoms with Crippen LogP contribution in [0.2, 0.25) is 0 Å². The maximum atomic E-state index is 10.6. The fraction of sp³-hybridized carbons (Fsp3) is 0.700. The first-order chi connectivity index (χ1) is 7.61. The number of aromatic carboxylic acids is 1. The lowest BCUT2D eigenvalue weighted by atomic mass is 10.1. The number of aromatic nitrogens is 3. The van der Waals surface area contributed by atoms with Crippen molar-refractivity contribution < 1.29 is 9.90 Å². The maximum Gasteiger partial charge on any atom is 0.358 e. The largest absolute Gasteiger partial charge is 0.476 e. The summed E-state index contributed by atoms with van der Waals surface area (Å²) in [7, 11) is 0. The third-order valence-corrected chi connectivity index (χ3v) is 3.21. The average molecular weight is 224 g/mol. The van der Waals surface area contributed by atoms with E-state index in [-0.39, 0.29) is 11.7 Å². The summed E-state index contributed by atoms with van der Waals surface area (Å²) in [5, 5.41) is 16.2. The highest BCUT2D eigenvalue weighted by molar-refractivity contribution is 5.84. The zero-order valence-corrected chi connectivity index (χ0v) is 9.50. The Balaban J connectivity index is 1.93. The van der Waals surface area contributed by atoms with E-state index in [0.29, 0.717) is 6.04 Å². The van der Waals surface area contributed by atoms with Crippen LogP contribution in [0, 0.1) is 0 Å². The quantitative estimate of drug-likeness (QED) is 0.812. The van der Waals surface area contributed by atoms with Gasteiger partial charge in [0.25, 0.3) is 0 Å². The van der Waals surface area contributed by atoms with Gasteiger partial charge in [-0.3, -0.25) is 4.90 Å². The van der Waals surface area contributed by atoms with Crippen molar-refractivity contribution in [1.29, 1.82) is 0 Å². The Morgan fingerprint density at radius 1 is 1.69 bits per heavy atom. The van der Waals surface area contributed by atoms with E-state index in [4.69, 9.17) is 5.11 Å². The van der Waals surface area contributed by atoms with E-state index in [1.165, 1.54) is 6.20 Å². The summed E-state index contributed by atoms with van der Waals surface area (Å²) < 4.78 is 1.66. The summed E-state index contributed by atoms with van der Waals surface area (Å²) in [6, 6.07) is 0.855. The Hall–Kier alpha value is -1.43. The third-order valence-electron chi connectivity index (χ3n) is 3.21. The van der Waals surface area contributed by atoms with Crippen molar-refractivity contribution in [3.63, 3.8) is 0 Å². The minimum absolute atomic E-state index is 0.0157. The Morgan fingerprint density at radius 3 is 2.88 bits per heavy atom. The SMILES string of the molecule is CCC(C)N1CC(n2cc(C(=O)O)nn2)C1. The van der Waals surface area contributed by atoms with Gasteiger partial charge in [0.1, 0.15) is 0 Å². The first-order valence-corrected chi connectivity index (χ1v) is 5.51. The molecule has 0 radical (unpaired) electrons. The number of carboxylic acid groups (broad SMARTS) is 1. The van der Waals surface area contributed by atoms with Crippen molar-refractivity contribution in [3.8, 4) is 0 Å². The Kier molecular flexibility index (Phi) is 2.91. The van der Waals surface area contributed by atoms with Crippen molar-refractivity contribution in [2.24, 2.45) is 0 Å². The van der Waals surface area contributed by atoms with Gasteiger partial charge in [-0.2, -0.15) is 0 Å². The molecule has 1 aromatic heterocycles. The molecular weight excluding hydrogens is 208 g/mol. The molecule has 0 saturated carbocycles. The molecule has 0 bridgehead atoms. The molecule has 1 aliphatic rings. The Labute approximate surface area is 93.9 Å². The standard InChI is InChI=1S/C10H16N4O2/c1-3-7(2)13-4-8(5-13)14-6-9(10(15)16)11-12-14/h6-8H,3-5H2,1-2H3,(H,15,16). The van der Waals surface area contributed by atoms with Crippen LogP contribution in [0.25, 0.3) is 0 Å². The topological polar surface area (TPSA) is 71.2 Å². The van der Waals surface area contributed by atoms with Gasteiger partial charge in [-0.1, -0.05) is 12.1 Å². The van der Waals surface area contributed by atoms with Gasteiger partial charge in [-0.15, -0.1) is 5.10 Å². The molecule has 1 fully saturated rings. The predicted octanol–water partition coefficient (Wildman–Crippen LogP) is 0.631. The Bertz CT molecular complexity index is 384. The molecule has 1 aromatic rings. The number of carboxylic acids is 1. The highest BCUT2D eigenvalue weighted by Crippen LogP contribution is 2.23. The maximum absolute atomic E-state index is 10.6. The zero-order chi connectivity index (χ0) is 11.7. The number of hydrogen-bond donors (Lipinski definition) is 1. The van der Waals surface area contributed by atoms with Crippen molar-refractivity contribution in [1.82, 2.24) is 19.9 Å². The molecule has 1 unspecified atom stereocenters. The minimum Gasteiger partial charge on any atom is -0.476 e. The molecule has 6 nitrogen and oxygen atoms in total. The summed E-state index contributed by atoms with van der Waals surface area (Å²) in [6.45, 7) is 6.21. The lowest BCUT2D eigenvalue weighted by Gasteiger charge is -2.42. The zero-order valence-electron chi connectivity index (χ0n) is 9.50. The van der Waals surface area contributed by atoms with Gasteiger partial charge in [0.15, 0.2) is 5.69 Å². The molecule has 1 aliphatic heterocycles. The second-order valence-electron chi connectivity index (χ2n) is 4.25. The van der Waals surface area contributed by atoms with E-state index in [0.717, 1.165) is 19.5 Å². The molecule has 1 saturated heterocycles. The van der Waals surface area contributed by atoms with E-state index in [9.17, 15) is 4.79 Å². The van der Waals surface area contributed by atoms with E-state index < -0.39 is 5.97 Å². The van der Waals surface area contributed by atoms with Gasteiger partial charge in [0.05, 0.1) is 12.2 Å². The van der Waals surface area contributed by atoms with Crippen LogP contribution in [-0.4, -0.2) is 50.1 Å². The summed E-state index contributed by atoms with van der Waals surface area (Å²) in [5.41, 5.74) is 0.0157. The first-order valence-electron chi connectivity index (χ1n) is 5.51. The molecule has 0 aliphatic carbocycles. The predicted molar refractivity (Wildman–Crippen MR) is 57.3 cm³/mol. The molecule has 2 heterocycles. The molecular formula is C10H16N4O2. The van der Waals surface area contributed by atoms with Crippen LogP contribution in [-0.2, 0) is 0 Å². The molecule has 1 N–H and O–H groups in total. The van der Waals surface area contributed by atoms with Crippen LogP contribution in [0.5, 0.6) is 0 Å². The number of nitrogens with zero attached hydrogens (tertiary/aromatic N) is 4. The van der Waals surface area contributed by atoms with Gasteiger partial charge >= 0.3 is 5.97 Å². The van der Waals surface area contributed by atoms with Crippen LogP contribution in [0.3, 0.4) is 0 Å². The highest BCUT2D eigenvalue weighted by atomic mass is 16.4. The van der Waals surface area contributed by atoms with Gasteiger partial charge in [-0.05, 0) is 13.3 Å². The fourth-order valence-corrected chi connectivity index (χ4v) is 1.83. The highest BCUT2D eigenvalue weighted by Gasteiger charge is 2.31. The van der Waals surface area contributed by atoms with E-state index in [2.05, 4.69) is 29.1 Å².